The van der Waals surface area contributed by atoms with Crippen molar-refractivity contribution in [2.45, 2.75) is 11.1 Å². The summed E-state index contributed by atoms with van der Waals surface area (Å²) < 4.78 is 65.6. The van der Waals surface area contributed by atoms with Gasteiger partial charge in [0.2, 0.25) is 10.0 Å². The molecule has 0 radical (unpaired) electrons. The third-order valence-electron chi connectivity index (χ3n) is 4.59. The van der Waals surface area contributed by atoms with Gasteiger partial charge in [-0.05, 0) is 36.4 Å². The van der Waals surface area contributed by atoms with Crippen LogP contribution in [0, 0.1) is 0 Å². The van der Waals surface area contributed by atoms with Crippen LogP contribution in [0.1, 0.15) is 15.9 Å². The van der Waals surface area contributed by atoms with Gasteiger partial charge in [0.1, 0.15) is 10.6 Å². The van der Waals surface area contributed by atoms with Crippen molar-refractivity contribution < 1.29 is 31.5 Å². The molecule has 1 N–H and O–H groups in total. The summed E-state index contributed by atoms with van der Waals surface area (Å²) >= 11 is 11.7. The van der Waals surface area contributed by atoms with Crippen molar-refractivity contribution >= 4 is 39.1 Å². The van der Waals surface area contributed by atoms with E-state index < -0.39 is 32.6 Å². The van der Waals surface area contributed by atoms with E-state index in [2.05, 4.69) is 0 Å². The van der Waals surface area contributed by atoms with E-state index >= 15 is 0 Å². The number of halogens is 5. The predicted octanol–water partition coefficient (Wildman–Crippen LogP) is 3.86. The first-order chi connectivity index (χ1) is 13.9. The number of phenols is 1. The molecule has 0 atom stereocenters. The number of alkyl halides is 3. The van der Waals surface area contributed by atoms with Gasteiger partial charge in [-0.1, -0.05) is 23.2 Å². The average molecular weight is 483 g/mol. The molecule has 0 aliphatic carbocycles. The topological polar surface area (TPSA) is 77.9 Å². The van der Waals surface area contributed by atoms with E-state index in [1.807, 2.05) is 0 Å². The molecule has 30 heavy (non-hydrogen) atoms. The molecule has 12 heteroatoms. The fourth-order valence-corrected chi connectivity index (χ4v) is 5.09. The summed E-state index contributed by atoms with van der Waals surface area (Å²) in [6.45, 7) is -0.356. The van der Waals surface area contributed by atoms with Gasteiger partial charge < -0.3 is 10.0 Å². The molecular weight excluding hydrogens is 468 g/mol. The van der Waals surface area contributed by atoms with Crippen LogP contribution < -0.4 is 0 Å². The zero-order valence-electron chi connectivity index (χ0n) is 15.2. The van der Waals surface area contributed by atoms with Crippen LogP contribution in [0.25, 0.3) is 0 Å². The van der Waals surface area contributed by atoms with Crippen LogP contribution in [0.5, 0.6) is 5.75 Å². The van der Waals surface area contributed by atoms with Gasteiger partial charge in [0, 0.05) is 31.2 Å². The number of carbonyl (C=O) groups excluding carboxylic acids is 1. The molecule has 1 fully saturated rings. The van der Waals surface area contributed by atoms with E-state index in [1.54, 1.807) is 0 Å². The number of hydrogen-bond acceptors (Lipinski definition) is 4. The predicted molar refractivity (Wildman–Crippen MR) is 104 cm³/mol. The minimum atomic E-state index is -4.72. The number of hydrogen-bond donors (Lipinski definition) is 1. The highest BCUT2D eigenvalue weighted by Gasteiger charge is 2.36. The van der Waals surface area contributed by atoms with E-state index in [0.29, 0.717) is 12.1 Å². The molecule has 1 saturated heterocycles. The Balaban J connectivity index is 1.79. The number of piperazine rings is 1. The van der Waals surface area contributed by atoms with Gasteiger partial charge in [0.15, 0.2) is 0 Å². The first-order valence-corrected chi connectivity index (χ1v) is 10.8. The second kappa shape index (κ2) is 8.26. The Labute approximate surface area is 180 Å². The Bertz CT molecular complexity index is 1090. The minimum Gasteiger partial charge on any atom is -0.507 e. The highest BCUT2D eigenvalue weighted by Crippen LogP contribution is 2.34. The van der Waals surface area contributed by atoms with Crippen molar-refractivity contribution in [2.75, 3.05) is 26.2 Å². The first-order valence-electron chi connectivity index (χ1n) is 8.56. The fourth-order valence-electron chi connectivity index (χ4n) is 3.00. The van der Waals surface area contributed by atoms with E-state index in [1.165, 1.54) is 23.1 Å². The summed E-state index contributed by atoms with van der Waals surface area (Å²) in [6, 6.07) is 6.07. The zero-order chi connectivity index (χ0) is 22.3. The van der Waals surface area contributed by atoms with Gasteiger partial charge in [0.25, 0.3) is 5.91 Å². The van der Waals surface area contributed by atoms with Gasteiger partial charge in [-0.15, -0.1) is 0 Å². The summed E-state index contributed by atoms with van der Waals surface area (Å²) in [5.74, 6) is -0.806. The van der Waals surface area contributed by atoms with E-state index in [0.717, 1.165) is 10.4 Å². The van der Waals surface area contributed by atoms with Crippen LogP contribution in [0.15, 0.2) is 41.3 Å². The minimum absolute atomic E-state index is 0.0272. The van der Waals surface area contributed by atoms with Gasteiger partial charge in [-0.25, -0.2) is 8.42 Å². The highest BCUT2D eigenvalue weighted by molar-refractivity contribution is 7.89. The van der Waals surface area contributed by atoms with Crippen LogP contribution in [-0.2, 0) is 16.2 Å². The van der Waals surface area contributed by atoms with Crippen molar-refractivity contribution in [3.05, 3.63) is 57.6 Å². The maximum Gasteiger partial charge on any atom is 0.416 e. The van der Waals surface area contributed by atoms with E-state index in [9.17, 15) is 31.5 Å². The number of rotatable bonds is 3. The number of aromatic hydroxyl groups is 1. The summed E-state index contributed by atoms with van der Waals surface area (Å²) in [5.41, 5.74) is -1.16. The van der Waals surface area contributed by atoms with Gasteiger partial charge in [0.05, 0.1) is 16.1 Å². The normalized spacial score (nSPS) is 16.0. The lowest BCUT2D eigenvalue weighted by molar-refractivity contribution is -0.137. The van der Waals surface area contributed by atoms with E-state index in [4.69, 9.17) is 23.2 Å². The summed E-state index contributed by atoms with van der Waals surface area (Å²) in [7, 11) is -4.31. The lowest BCUT2D eigenvalue weighted by atomic mass is 10.1. The van der Waals surface area contributed by atoms with Crippen LogP contribution in [0.2, 0.25) is 10.0 Å². The maximum atomic E-state index is 13.0. The maximum absolute atomic E-state index is 13.0. The number of amides is 1. The third kappa shape index (κ3) is 4.51. The molecule has 3 rings (SSSR count). The molecule has 0 spiro atoms. The molecule has 0 unspecified atom stereocenters. The van der Waals surface area contributed by atoms with Gasteiger partial charge >= 0.3 is 6.18 Å². The quantitative estimate of drug-likeness (QED) is 0.720. The first kappa shape index (κ1) is 22.7. The van der Waals surface area contributed by atoms with Crippen molar-refractivity contribution in [3.8, 4) is 5.75 Å². The van der Waals surface area contributed by atoms with Gasteiger partial charge in [-0.3, -0.25) is 4.79 Å². The number of sulfonamides is 1. The standard InChI is InChI=1S/C18H15Cl2F3N2O4S/c19-12-2-4-15(26)13(10-12)17(27)24-5-7-25(8-6-24)30(28,29)16-9-11(18(21,22)23)1-3-14(16)20/h1-4,9-10,26H,5-8H2. The van der Waals surface area contributed by atoms with Crippen molar-refractivity contribution in [3.63, 3.8) is 0 Å². The molecule has 1 amide bonds. The Hall–Kier alpha value is -2.01. The SMILES string of the molecule is O=C(c1cc(Cl)ccc1O)N1CCN(S(=O)(=O)c2cc(C(F)(F)F)ccc2Cl)CC1. The molecular formula is C18H15Cl2F3N2O4S. The summed E-state index contributed by atoms with van der Waals surface area (Å²) in [5, 5.41) is 9.79. The number of benzene rings is 2. The molecule has 0 bridgehead atoms. The second-order valence-corrected chi connectivity index (χ2v) is 9.25. The third-order valence-corrected chi connectivity index (χ3v) is 7.21. The van der Waals surface area contributed by atoms with Crippen molar-refractivity contribution in [1.29, 1.82) is 0 Å². The van der Waals surface area contributed by atoms with Crippen LogP contribution >= 0.6 is 23.2 Å². The molecule has 6 nitrogen and oxygen atoms in total. The average Bonchev–Trinajstić information content (AvgIpc) is 2.68. The van der Waals surface area contributed by atoms with Crippen molar-refractivity contribution in [1.82, 2.24) is 9.21 Å². The van der Waals surface area contributed by atoms with Crippen LogP contribution in [-0.4, -0.2) is 54.8 Å². The lowest BCUT2D eigenvalue weighted by Gasteiger charge is -2.34. The van der Waals surface area contributed by atoms with Crippen LogP contribution in [0.3, 0.4) is 0 Å². The molecule has 162 valence electrons. The van der Waals surface area contributed by atoms with Crippen LogP contribution in [0.4, 0.5) is 13.2 Å². The highest BCUT2D eigenvalue weighted by atomic mass is 35.5. The number of nitrogens with zero attached hydrogens (tertiary/aromatic N) is 2. The molecule has 2 aromatic rings. The number of phenolic OH excluding ortho intramolecular Hbond substituents is 1. The molecule has 2 aromatic carbocycles. The zero-order valence-corrected chi connectivity index (χ0v) is 17.5. The second-order valence-electron chi connectivity index (χ2n) is 6.50. The number of carbonyl (C=O) groups is 1. The molecule has 1 heterocycles. The molecule has 0 saturated carbocycles. The fraction of sp³-hybridized carbons (Fsp3) is 0.278. The summed E-state index contributed by atoms with van der Waals surface area (Å²) in [6.07, 6.45) is -4.72. The Kier molecular flexibility index (Phi) is 6.24. The van der Waals surface area contributed by atoms with E-state index in [-0.39, 0.29) is 47.5 Å². The van der Waals surface area contributed by atoms with Crippen molar-refractivity contribution in [2.24, 2.45) is 0 Å². The van der Waals surface area contributed by atoms with Gasteiger partial charge in [-0.2, -0.15) is 17.5 Å². The largest absolute Gasteiger partial charge is 0.507 e. The Morgan fingerprint density at radius 3 is 2.23 bits per heavy atom. The Morgan fingerprint density at radius 1 is 1.00 bits per heavy atom. The Morgan fingerprint density at radius 2 is 1.63 bits per heavy atom. The lowest BCUT2D eigenvalue weighted by Crippen LogP contribution is -2.50. The molecule has 1 aliphatic rings. The summed E-state index contributed by atoms with van der Waals surface area (Å²) in [4.78, 5) is 13.3. The molecule has 0 aromatic heterocycles. The monoisotopic (exact) mass is 482 g/mol. The smallest absolute Gasteiger partial charge is 0.416 e. The molecule has 1 aliphatic heterocycles.